The van der Waals surface area contributed by atoms with Crippen LogP contribution in [0.25, 0.3) is 0 Å². The zero-order valence-corrected chi connectivity index (χ0v) is 19.0. The maximum absolute atomic E-state index is 11.6. The van der Waals surface area contributed by atoms with Gasteiger partial charge >= 0.3 is 30.4 Å². The molecule has 0 saturated heterocycles. The van der Waals surface area contributed by atoms with Gasteiger partial charge in [-0.25, -0.2) is 0 Å². The molecular weight excluding hydrogens is 462 g/mol. The Morgan fingerprint density at radius 3 is 1.21 bits per heavy atom. The molecule has 8 N–H and O–H groups in total. The summed E-state index contributed by atoms with van der Waals surface area (Å²) < 4.78 is 46.6. The minimum Gasteiger partial charge on any atom is -0.323 e. The molecule has 0 fully saturated rings. The lowest BCUT2D eigenvalue weighted by atomic mass is 10.0. The molecule has 0 aromatic rings. The molecule has 0 spiro atoms. The smallest absolute Gasteiger partial charge is 0.323 e. The van der Waals surface area contributed by atoms with Crippen LogP contribution in [0.4, 0.5) is 0 Å². The molecule has 0 aromatic heterocycles. The average molecular weight is 491 g/mol. The van der Waals surface area contributed by atoms with Crippen molar-refractivity contribution in [2.24, 2.45) is 5.92 Å². The number of unbranched alkanes of at least 4 members (excludes halogenated alkanes) is 3. The standard InChI is InChI=1S/C11H29NO12P4/c1-9(2)7-5-3-4-6-8-12(10(25(13,14)15)26(16,17)18)11(27(19,20)21)28(22,23)24/h9-11H,3-8H2,1-2H3,(H2,13,14,15)(H2,16,17,18)(H2,19,20,21)(H2,22,23,24). The molecule has 28 heavy (non-hydrogen) atoms. The molecular formula is C11H29NO12P4. The van der Waals surface area contributed by atoms with E-state index < -0.39 is 48.0 Å². The summed E-state index contributed by atoms with van der Waals surface area (Å²) in [5, 5.41) is 0. The second-order valence-corrected chi connectivity index (χ2v) is 14.4. The Hall–Kier alpha value is 0.560. The molecule has 0 atom stereocenters. The van der Waals surface area contributed by atoms with Crippen molar-refractivity contribution in [3.63, 3.8) is 0 Å². The van der Waals surface area contributed by atoms with Crippen LogP contribution in [0, 0.1) is 5.92 Å². The van der Waals surface area contributed by atoms with E-state index >= 15 is 0 Å². The van der Waals surface area contributed by atoms with Gasteiger partial charge < -0.3 is 39.1 Å². The molecule has 0 aliphatic heterocycles. The fraction of sp³-hybridized carbons (Fsp3) is 1.00. The Bertz CT molecular complexity index is 583. The summed E-state index contributed by atoms with van der Waals surface area (Å²) in [7, 11) is -23.0. The zero-order valence-electron chi connectivity index (χ0n) is 15.4. The molecule has 17 heteroatoms. The topological polar surface area (TPSA) is 233 Å². The number of hydrogen-bond donors (Lipinski definition) is 8. The van der Waals surface area contributed by atoms with Gasteiger partial charge in [-0.1, -0.05) is 39.5 Å². The second-order valence-electron chi connectivity index (χ2n) is 6.88. The van der Waals surface area contributed by atoms with Crippen molar-refractivity contribution in [1.82, 2.24) is 4.90 Å². The summed E-state index contributed by atoms with van der Waals surface area (Å²) in [6, 6.07) is 0. The Morgan fingerprint density at radius 1 is 0.607 bits per heavy atom. The molecule has 13 nitrogen and oxygen atoms in total. The lowest BCUT2D eigenvalue weighted by Crippen LogP contribution is -2.43. The third kappa shape index (κ3) is 10.0. The third-order valence-corrected chi connectivity index (χ3v) is 10.9. The Kier molecular flexibility index (Phi) is 10.9. The average Bonchev–Trinajstić information content (AvgIpc) is 2.35. The summed E-state index contributed by atoms with van der Waals surface area (Å²) in [5.41, 5.74) is -6.19. The van der Waals surface area contributed by atoms with Crippen LogP contribution >= 0.6 is 30.4 Å². The molecule has 0 unspecified atom stereocenters. The summed E-state index contributed by atoms with van der Waals surface area (Å²) in [6.07, 6.45) is 2.57. The molecule has 0 rings (SSSR count). The Morgan fingerprint density at radius 2 is 0.929 bits per heavy atom. The number of nitrogens with zero attached hydrogens (tertiary/aromatic N) is 1. The molecule has 0 saturated carbocycles. The van der Waals surface area contributed by atoms with Gasteiger partial charge in [0.25, 0.3) is 0 Å². The van der Waals surface area contributed by atoms with Crippen LogP contribution < -0.4 is 0 Å². The summed E-state index contributed by atoms with van der Waals surface area (Å²) in [6.45, 7) is 3.25. The predicted octanol–water partition coefficient (Wildman–Crippen LogP) is 1.17. The number of hydrogen-bond acceptors (Lipinski definition) is 5. The van der Waals surface area contributed by atoms with Crippen molar-refractivity contribution in [3.05, 3.63) is 0 Å². The van der Waals surface area contributed by atoms with E-state index in [0.717, 1.165) is 12.8 Å². The van der Waals surface area contributed by atoms with Crippen molar-refractivity contribution in [2.75, 3.05) is 6.54 Å². The lowest BCUT2D eigenvalue weighted by molar-refractivity contribution is 0.197. The normalized spacial score (nSPS) is 14.6. The monoisotopic (exact) mass is 491 g/mol. The lowest BCUT2D eigenvalue weighted by Gasteiger charge is -2.37. The Balaban J connectivity index is 5.84. The second kappa shape index (κ2) is 10.7. The first-order valence-electron chi connectivity index (χ1n) is 8.26. The van der Waals surface area contributed by atoms with Gasteiger partial charge in [-0.05, 0) is 12.3 Å². The van der Waals surface area contributed by atoms with Gasteiger partial charge in [-0.15, -0.1) is 0 Å². The van der Waals surface area contributed by atoms with Crippen molar-refractivity contribution < 1.29 is 57.4 Å². The highest BCUT2D eigenvalue weighted by atomic mass is 31.2. The van der Waals surface area contributed by atoms with E-state index in [9.17, 15) is 57.4 Å². The first-order chi connectivity index (χ1) is 12.3. The van der Waals surface area contributed by atoms with E-state index in [1.54, 1.807) is 0 Å². The van der Waals surface area contributed by atoms with Crippen LogP contribution in [0.3, 0.4) is 0 Å². The quantitative estimate of drug-likeness (QED) is 0.134. The highest BCUT2D eigenvalue weighted by Gasteiger charge is 2.58. The van der Waals surface area contributed by atoms with Gasteiger partial charge in [0.1, 0.15) is 0 Å². The highest BCUT2D eigenvalue weighted by molar-refractivity contribution is 7.72. The molecule has 0 amide bonds. The first-order valence-corrected chi connectivity index (χ1v) is 15.0. The summed E-state index contributed by atoms with van der Waals surface area (Å²) in [4.78, 5) is 74.6. The fourth-order valence-corrected chi connectivity index (χ4v) is 8.81. The zero-order chi connectivity index (χ0) is 22.6. The van der Waals surface area contributed by atoms with Gasteiger partial charge in [0.05, 0.1) is 0 Å². The molecule has 170 valence electrons. The van der Waals surface area contributed by atoms with E-state index in [2.05, 4.69) is 0 Å². The van der Waals surface area contributed by atoms with E-state index in [1.165, 1.54) is 0 Å². The van der Waals surface area contributed by atoms with Crippen LogP contribution in [0.1, 0.15) is 46.0 Å². The molecule has 0 aliphatic carbocycles. The van der Waals surface area contributed by atoms with Crippen LogP contribution in [0.5, 0.6) is 0 Å². The predicted molar refractivity (Wildman–Crippen MR) is 100 cm³/mol. The SMILES string of the molecule is CC(C)CCCCCCN(C(P(=O)(O)O)P(=O)(O)O)C(P(=O)(O)O)P(=O)(O)O. The van der Waals surface area contributed by atoms with Crippen LogP contribution in [-0.2, 0) is 18.3 Å². The van der Waals surface area contributed by atoms with Crippen molar-refractivity contribution in [1.29, 1.82) is 0 Å². The molecule has 0 radical (unpaired) electrons. The van der Waals surface area contributed by atoms with Gasteiger partial charge in [0.15, 0.2) is 0 Å². The number of rotatable bonds is 13. The Labute approximate surface area is 162 Å². The first kappa shape index (κ1) is 28.6. The van der Waals surface area contributed by atoms with Crippen LogP contribution in [-0.4, -0.2) is 61.6 Å². The minimum absolute atomic E-state index is 0.0505. The third-order valence-electron chi connectivity index (χ3n) is 3.74. The van der Waals surface area contributed by atoms with Gasteiger partial charge in [-0.3, -0.25) is 23.2 Å². The van der Waals surface area contributed by atoms with E-state index in [1.807, 2.05) is 13.8 Å². The van der Waals surface area contributed by atoms with Crippen LogP contribution in [0.2, 0.25) is 0 Å². The van der Waals surface area contributed by atoms with Gasteiger partial charge in [0, 0.05) is 6.54 Å². The van der Waals surface area contributed by atoms with Gasteiger partial charge in [0.2, 0.25) is 11.0 Å². The van der Waals surface area contributed by atoms with Crippen molar-refractivity contribution >= 4 is 30.4 Å². The largest absolute Gasteiger partial charge is 0.355 e. The van der Waals surface area contributed by atoms with E-state index in [-0.39, 0.29) is 11.3 Å². The maximum Gasteiger partial charge on any atom is 0.355 e. The molecule has 0 bridgehead atoms. The highest BCUT2D eigenvalue weighted by Crippen LogP contribution is 2.68. The van der Waals surface area contributed by atoms with E-state index in [4.69, 9.17) is 0 Å². The summed E-state index contributed by atoms with van der Waals surface area (Å²) >= 11 is 0. The van der Waals surface area contributed by atoms with Crippen molar-refractivity contribution in [2.45, 2.75) is 57.0 Å². The maximum atomic E-state index is 11.6. The molecule has 0 heterocycles. The summed E-state index contributed by atoms with van der Waals surface area (Å²) in [5.74, 6) is 0.430. The fourth-order valence-electron chi connectivity index (χ4n) is 2.72. The van der Waals surface area contributed by atoms with E-state index in [0.29, 0.717) is 18.8 Å². The van der Waals surface area contributed by atoms with Crippen molar-refractivity contribution in [3.8, 4) is 0 Å². The molecule has 0 aromatic carbocycles. The molecule has 0 aliphatic rings. The minimum atomic E-state index is -5.74. The van der Waals surface area contributed by atoms with Gasteiger partial charge in [-0.2, -0.15) is 0 Å². The van der Waals surface area contributed by atoms with Crippen LogP contribution in [0.15, 0.2) is 0 Å².